The van der Waals surface area contributed by atoms with E-state index in [2.05, 4.69) is 19.2 Å². The molecule has 0 radical (unpaired) electrons. The molecule has 72 valence electrons. The fourth-order valence-corrected chi connectivity index (χ4v) is 0.921. The predicted molar refractivity (Wildman–Crippen MR) is 49.4 cm³/mol. The van der Waals surface area contributed by atoms with Crippen LogP contribution in [0.1, 0.15) is 33.6 Å². The van der Waals surface area contributed by atoms with Crippen LogP contribution in [-0.2, 0) is 0 Å². The summed E-state index contributed by atoms with van der Waals surface area (Å²) in [5.41, 5.74) is 2.03. The van der Waals surface area contributed by atoms with Gasteiger partial charge in [0, 0.05) is 6.04 Å². The Morgan fingerprint density at radius 1 is 1.33 bits per heavy atom. The lowest BCUT2D eigenvalue weighted by Crippen LogP contribution is -2.44. The van der Waals surface area contributed by atoms with Crippen molar-refractivity contribution in [3.8, 4) is 0 Å². The molecule has 0 spiro atoms. The minimum Gasteiger partial charge on any atom is -0.335 e. The number of hydrogen-bond acceptors (Lipinski definition) is 2. The van der Waals surface area contributed by atoms with Crippen LogP contribution in [0.4, 0.5) is 4.79 Å². The number of carbonyl (C=O) groups excluding carboxylic acids is 1. The lowest BCUT2D eigenvalue weighted by molar-refractivity contribution is 0.237. The van der Waals surface area contributed by atoms with Gasteiger partial charge in [-0.05, 0) is 25.7 Å². The zero-order valence-electron chi connectivity index (χ0n) is 8.05. The molecule has 0 aromatic rings. The first kappa shape index (κ1) is 11.2. The van der Waals surface area contributed by atoms with Gasteiger partial charge in [-0.2, -0.15) is 0 Å². The van der Waals surface area contributed by atoms with Crippen LogP contribution in [0.15, 0.2) is 0 Å². The number of hydrazine groups is 1. The van der Waals surface area contributed by atoms with Crippen molar-refractivity contribution in [1.29, 1.82) is 0 Å². The third-order valence-electron chi connectivity index (χ3n) is 1.69. The molecular weight excluding hydrogens is 154 g/mol. The topological polar surface area (TPSA) is 67.2 Å². The molecule has 0 saturated heterocycles. The van der Waals surface area contributed by atoms with E-state index in [1.54, 1.807) is 0 Å². The molecule has 0 aliphatic heterocycles. The molecule has 4 heteroatoms. The molecule has 12 heavy (non-hydrogen) atoms. The number of amides is 2. The maximum Gasteiger partial charge on any atom is 0.329 e. The van der Waals surface area contributed by atoms with Crippen molar-refractivity contribution in [2.75, 3.05) is 0 Å². The van der Waals surface area contributed by atoms with Gasteiger partial charge in [0.25, 0.3) is 0 Å². The molecular formula is C8H19N3O. The van der Waals surface area contributed by atoms with Gasteiger partial charge in [-0.15, -0.1) is 0 Å². The minimum absolute atomic E-state index is 0.191. The number of carbonyl (C=O) groups is 1. The van der Waals surface area contributed by atoms with Gasteiger partial charge in [0.15, 0.2) is 0 Å². The van der Waals surface area contributed by atoms with Gasteiger partial charge < -0.3 is 5.32 Å². The largest absolute Gasteiger partial charge is 0.335 e. The van der Waals surface area contributed by atoms with Gasteiger partial charge in [-0.25, -0.2) is 10.6 Å². The Balaban J connectivity index is 3.45. The highest BCUT2D eigenvalue weighted by Crippen LogP contribution is 2.05. The highest BCUT2D eigenvalue weighted by molar-refractivity contribution is 5.73. The van der Waals surface area contributed by atoms with Crippen LogP contribution < -0.4 is 16.6 Å². The number of urea groups is 1. The summed E-state index contributed by atoms with van der Waals surface area (Å²) in [5, 5.41) is 2.71. The van der Waals surface area contributed by atoms with Crippen LogP contribution in [0.25, 0.3) is 0 Å². The van der Waals surface area contributed by atoms with E-state index in [0.29, 0.717) is 5.92 Å². The average molecular weight is 173 g/mol. The molecule has 0 aliphatic rings. The molecule has 0 bridgehead atoms. The van der Waals surface area contributed by atoms with Crippen molar-refractivity contribution in [3.05, 3.63) is 0 Å². The van der Waals surface area contributed by atoms with E-state index in [0.717, 1.165) is 12.8 Å². The number of nitrogens with one attached hydrogen (secondary N) is 2. The van der Waals surface area contributed by atoms with E-state index in [1.165, 1.54) is 0 Å². The molecule has 4 N–H and O–H groups in total. The first-order valence-corrected chi connectivity index (χ1v) is 4.33. The third kappa shape index (κ3) is 5.97. The molecule has 0 aliphatic carbocycles. The molecule has 1 atom stereocenters. The summed E-state index contributed by atoms with van der Waals surface area (Å²) >= 11 is 0. The van der Waals surface area contributed by atoms with Gasteiger partial charge in [0.2, 0.25) is 0 Å². The molecule has 0 saturated carbocycles. The van der Waals surface area contributed by atoms with Gasteiger partial charge in [-0.3, -0.25) is 5.43 Å². The standard InChI is InChI=1S/C8H19N3O/c1-6(2)4-5-7(3)10-8(12)11-9/h6-7H,4-5,9H2,1-3H3,(H2,10,11,12). The lowest BCUT2D eigenvalue weighted by Gasteiger charge is -2.14. The van der Waals surface area contributed by atoms with Gasteiger partial charge in [0.1, 0.15) is 0 Å². The smallest absolute Gasteiger partial charge is 0.329 e. The maximum atomic E-state index is 10.7. The summed E-state index contributed by atoms with van der Waals surface area (Å²) in [6, 6.07) is -0.123. The predicted octanol–water partition coefficient (Wildman–Crippen LogP) is 0.984. The third-order valence-corrected chi connectivity index (χ3v) is 1.69. The van der Waals surface area contributed by atoms with E-state index >= 15 is 0 Å². The Labute approximate surface area is 73.9 Å². The monoisotopic (exact) mass is 173 g/mol. The van der Waals surface area contributed by atoms with Crippen LogP contribution in [-0.4, -0.2) is 12.1 Å². The second-order valence-corrected chi connectivity index (χ2v) is 3.49. The summed E-state index contributed by atoms with van der Waals surface area (Å²) in [7, 11) is 0. The van der Waals surface area contributed by atoms with Crippen LogP contribution in [0.5, 0.6) is 0 Å². The maximum absolute atomic E-state index is 10.7. The first-order valence-electron chi connectivity index (χ1n) is 4.33. The SMILES string of the molecule is CC(C)CCC(C)NC(=O)NN. The zero-order valence-corrected chi connectivity index (χ0v) is 8.05. The van der Waals surface area contributed by atoms with Crippen LogP contribution >= 0.6 is 0 Å². The Morgan fingerprint density at radius 2 is 1.92 bits per heavy atom. The Morgan fingerprint density at radius 3 is 2.33 bits per heavy atom. The summed E-state index contributed by atoms with van der Waals surface area (Å²) < 4.78 is 0. The van der Waals surface area contributed by atoms with Crippen molar-refractivity contribution in [3.63, 3.8) is 0 Å². The fourth-order valence-electron chi connectivity index (χ4n) is 0.921. The average Bonchev–Trinajstić information content (AvgIpc) is 2.00. The van der Waals surface area contributed by atoms with Crippen LogP contribution in [0.3, 0.4) is 0 Å². The molecule has 0 rings (SSSR count). The van der Waals surface area contributed by atoms with Crippen molar-refractivity contribution in [1.82, 2.24) is 10.7 Å². The van der Waals surface area contributed by atoms with Crippen molar-refractivity contribution in [2.24, 2.45) is 11.8 Å². The van der Waals surface area contributed by atoms with Gasteiger partial charge >= 0.3 is 6.03 Å². The summed E-state index contributed by atoms with van der Waals surface area (Å²) in [4.78, 5) is 10.7. The van der Waals surface area contributed by atoms with Gasteiger partial charge in [-0.1, -0.05) is 13.8 Å². The zero-order chi connectivity index (χ0) is 9.56. The van der Waals surface area contributed by atoms with E-state index in [4.69, 9.17) is 5.84 Å². The van der Waals surface area contributed by atoms with Crippen molar-refractivity contribution >= 4 is 6.03 Å². The number of rotatable bonds is 4. The minimum atomic E-state index is -0.314. The molecule has 0 heterocycles. The summed E-state index contributed by atoms with van der Waals surface area (Å²) in [6.45, 7) is 6.29. The Bertz CT molecular complexity index is 136. The number of nitrogens with two attached hydrogens (primary N) is 1. The normalized spacial score (nSPS) is 12.8. The Hall–Kier alpha value is -0.770. The summed E-state index contributed by atoms with van der Waals surface area (Å²) in [6.07, 6.45) is 2.11. The lowest BCUT2D eigenvalue weighted by atomic mass is 10.0. The van der Waals surface area contributed by atoms with Gasteiger partial charge in [0.05, 0.1) is 0 Å². The molecule has 0 aromatic carbocycles. The molecule has 2 amide bonds. The van der Waals surface area contributed by atoms with E-state index < -0.39 is 0 Å². The Kier molecular flexibility index (Phi) is 5.45. The van der Waals surface area contributed by atoms with Crippen LogP contribution in [0.2, 0.25) is 0 Å². The van der Waals surface area contributed by atoms with E-state index in [9.17, 15) is 4.79 Å². The van der Waals surface area contributed by atoms with Crippen molar-refractivity contribution < 1.29 is 4.79 Å². The van der Waals surface area contributed by atoms with E-state index in [-0.39, 0.29) is 12.1 Å². The molecule has 4 nitrogen and oxygen atoms in total. The van der Waals surface area contributed by atoms with E-state index in [1.807, 2.05) is 12.3 Å². The van der Waals surface area contributed by atoms with Crippen molar-refractivity contribution in [2.45, 2.75) is 39.7 Å². The fraction of sp³-hybridized carbons (Fsp3) is 0.875. The summed E-state index contributed by atoms with van der Waals surface area (Å²) in [5.74, 6) is 5.59. The second kappa shape index (κ2) is 5.83. The highest BCUT2D eigenvalue weighted by Gasteiger charge is 2.05. The molecule has 0 aromatic heterocycles. The highest BCUT2D eigenvalue weighted by atomic mass is 16.2. The molecule has 0 fully saturated rings. The first-order chi connectivity index (χ1) is 5.56. The van der Waals surface area contributed by atoms with Crippen LogP contribution in [0, 0.1) is 5.92 Å². The molecule has 1 unspecified atom stereocenters. The number of hydrogen-bond donors (Lipinski definition) is 3. The second-order valence-electron chi connectivity index (χ2n) is 3.49. The quantitative estimate of drug-likeness (QED) is 0.337.